The topological polar surface area (TPSA) is 175 Å². The zero-order valence-electron chi connectivity index (χ0n) is 22.5. The molecule has 2 aliphatic rings. The first-order valence-corrected chi connectivity index (χ1v) is 14.8. The van der Waals surface area contributed by atoms with E-state index < -0.39 is 46.3 Å². The summed E-state index contributed by atoms with van der Waals surface area (Å²) in [5.41, 5.74) is 5.62. The summed E-state index contributed by atoms with van der Waals surface area (Å²) < 4.78 is 34.1. The van der Waals surface area contributed by atoms with Gasteiger partial charge < -0.3 is 25.6 Å². The van der Waals surface area contributed by atoms with Crippen LogP contribution in [0.25, 0.3) is 10.8 Å². The van der Waals surface area contributed by atoms with Gasteiger partial charge in [0.2, 0.25) is 21.8 Å². The van der Waals surface area contributed by atoms with E-state index in [0.29, 0.717) is 37.9 Å². The Hall–Kier alpha value is -3.71. The second-order valence-electron chi connectivity index (χ2n) is 10.2. The van der Waals surface area contributed by atoms with Crippen LogP contribution in [0.5, 0.6) is 0 Å². The molecule has 3 atom stereocenters. The lowest BCUT2D eigenvalue weighted by Crippen LogP contribution is -2.52. The highest BCUT2D eigenvalue weighted by Crippen LogP contribution is 2.22. The molecule has 216 valence electrons. The van der Waals surface area contributed by atoms with Gasteiger partial charge in [0.15, 0.2) is 5.96 Å². The van der Waals surface area contributed by atoms with E-state index in [1.165, 1.54) is 24.1 Å². The average molecular weight is 573 g/mol. The van der Waals surface area contributed by atoms with Gasteiger partial charge in [-0.05, 0) is 54.5 Å². The number of rotatable bonds is 9. The van der Waals surface area contributed by atoms with E-state index >= 15 is 0 Å². The molecule has 0 bridgehead atoms. The number of hydrogen-bond acceptors (Lipinski definition) is 7. The predicted molar refractivity (Wildman–Crippen MR) is 149 cm³/mol. The molecule has 4 rings (SSSR count). The second kappa shape index (κ2) is 12.6. The first kappa shape index (κ1) is 29.3. The number of nitrogens with one attached hydrogen (secondary N) is 3. The number of ether oxygens (including phenoxy) is 1. The molecule has 0 unspecified atom stereocenters. The minimum absolute atomic E-state index is 0.0114. The normalized spacial score (nSPS) is 20.2. The second-order valence-corrected chi connectivity index (χ2v) is 12.0. The first-order chi connectivity index (χ1) is 19.1. The Morgan fingerprint density at radius 2 is 1.82 bits per heavy atom. The molecule has 2 saturated heterocycles. The molecular formula is C27H36N6O6S. The zero-order valence-corrected chi connectivity index (χ0v) is 23.3. The Bertz CT molecular complexity index is 1380. The van der Waals surface area contributed by atoms with Crippen molar-refractivity contribution in [3.8, 4) is 0 Å². The van der Waals surface area contributed by atoms with Crippen LogP contribution in [0.1, 0.15) is 32.1 Å². The third-order valence-electron chi connectivity index (χ3n) is 7.49. The molecule has 5 N–H and O–H groups in total. The molecule has 2 heterocycles. The van der Waals surface area contributed by atoms with Crippen LogP contribution in [0.2, 0.25) is 0 Å². The number of nitrogens with two attached hydrogens (primary N) is 1. The van der Waals surface area contributed by atoms with Gasteiger partial charge in [-0.2, -0.15) is 4.72 Å². The summed E-state index contributed by atoms with van der Waals surface area (Å²) in [6, 6.07) is 9.77. The SMILES string of the molecule is COC(=O)[C@@H]1CCCN1C(=O)C[C@@H](NS(=O)(=O)c1ccc2ccccc2c1)C(=O)NC[C@@H]1CCCN(C(=N)N)C1. The fourth-order valence-corrected chi connectivity index (χ4v) is 6.56. The van der Waals surface area contributed by atoms with Crippen molar-refractivity contribution in [1.82, 2.24) is 19.8 Å². The van der Waals surface area contributed by atoms with Crippen LogP contribution in [0.4, 0.5) is 0 Å². The van der Waals surface area contributed by atoms with Crippen molar-refractivity contribution in [2.24, 2.45) is 11.7 Å². The summed E-state index contributed by atoms with van der Waals surface area (Å²) in [7, 11) is -2.94. The van der Waals surface area contributed by atoms with Gasteiger partial charge in [-0.1, -0.05) is 30.3 Å². The Morgan fingerprint density at radius 3 is 2.55 bits per heavy atom. The predicted octanol–water partition coefficient (Wildman–Crippen LogP) is 0.762. The molecule has 0 aliphatic carbocycles. The summed E-state index contributed by atoms with van der Waals surface area (Å²) in [6.07, 6.45) is 2.19. The van der Waals surface area contributed by atoms with Crippen LogP contribution in [0.3, 0.4) is 0 Å². The van der Waals surface area contributed by atoms with Gasteiger partial charge in [-0.3, -0.25) is 15.0 Å². The highest BCUT2D eigenvalue weighted by atomic mass is 32.2. The minimum Gasteiger partial charge on any atom is -0.467 e. The lowest BCUT2D eigenvalue weighted by Gasteiger charge is -2.33. The number of benzene rings is 2. The van der Waals surface area contributed by atoms with E-state index in [-0.39, 0.29) is 23.3 Å². The Morgan fingerprint density at radius 1 is 1.10 bits per heavy atom. The molecule has 0 radical (unpaired) electrons. The fraction of sp³-hybridized carbons (Fsp3) is 0.481. The van der Waals surface area contributed by atoms with Gasteiger partial charge in [0.1, 0.15) is 12.1 Å². The quantitative estimate of drug-likeness (QED) is 0.193. The number of sulfonamides is 1. The summed E-state index contributed by atoms with van der Waals surface area (Å²) in [6.45, 7) is 1.71. The molecule has 0 aromatic heterocycles. The van der Waals surface area contributed by atoms with Crippen molar-refractivity contribution in [1.29, 1.82) is 5.41 Å². The summed E-state index contributed by atoms with van der Waals surface area (Å²) >= 11 is 0. The number of amides is 2. The van der Waals surface area contributed by atoms with Gasteiger partial charge in [0.25, 0.3) is 0 Å². The van der Waals surface area contributed by atoms with Crippen LogP contribution in [-0.4, -0.2) is 87.3 Å². The van der Waals surface area contributed by atoms with E-state index in [1.807, 2.05) is 12.1 Å². The van der Waals surface area contributed by atoms with Gasteiger partial charge in [0.05, 0.1) is 18.4 Å². The maximum Gasteiger partial charge on any atom is 0.328 e. The van der Waals surface area contributed by atoms with Crippen molar-refractivity contribution in [2.75, 3.05) is 33.3 Å². The molecule has 12 nitrogen and oxygen atoms in total. The number of carbonyl (C=O) groups excluding carboxylic acids is 3. The summed E-state index contributed by atoms with van der Waals surface area (Å²) in [5, 5.41) is 12.0. The van der Waals surface area contributed by atoms with Crippen molar-refractivity contribution in [3.63, 3.8) is 0 Å². The van der Waals surface area contributed by atoms with E-state index in [0.717, 1.165) is 18.2 Å². The molecule has 2 fully saturated rings. The van der Waals surface area contributed by atoms with Crippen LogP contribution in [-0.2, 0) is 29.1 Å². The van der Waals surface area contributed by atoms with Crippen LogP contribution >= 0.6 is 0 Å². The molecule has 0 saturated carbocycles. The van der Waals surface area contributed by atoms with Crippen LogP contribution in [0, 0.1) is 11.3 Å². The number of piperidine rings is 1. The molecule has 40 heavy (non-hydrogen) atoms. The standard InChI is InChI=1S/C27H36N6O6S/c1-39-26(36)23-9-5-13-33(23)24(34)15-22(25(35)30-16-18-6-4-12-32(17-18)27(28)29)31-40(37,38)21-11-10-19-7-2-3-8-20(19)14-21/h2-3,7-8,10-11,14,18,22-23,31H,4-6,9,12-13,15-17H2,1H3,(H3,28,29)(H,30,35)/t18-,22+,23-/m0/s1. The number of fused-ring (bicyclic) bond motifs is 1. The smallest absolute Gasteiger partial charge is 0.328 e. The maximum atomic E-state index is 13.4. The lowest BCUT2D eigenvalue weighted by atomic mass is 9.98. The summed E-state index contributed by atoms with van der Waals surface area (Å²) in [5.74, 6) is -1.73. The highest BCUT2D eigenvalue weighted by Gasteiger charge is 2.37. The molecule has 2 aliphatic heterocycles. The Labute approximate surface area is 233 Å². The minimum atomic E-state index is -4.19. The van der Waals surface area contributed by atoms with Gasteiger partial charge in [-0.25, -0.2) is 13.2 Å². The Balaban J connectivity index is 1.52. The molecule has 0 spiro atoms. The molecule has 13 heteroatoms. The number of guanidine groups is 1. The number of esters is 1. The highest BCUT2D eigenvalue weighted by molar-refractivity contribution is 7.89. The number of methoxy groups -OCH3 is 1. The average Bonchev–Trinajstić information content (AvgIpc) is 3.45. The van der Waals surface area contributed by atoms with Crippen molar-refractivity contribution >= 4 is 44.5 Å². The third kappa shape index (κ3) is 6.89. The first-order valence-electron chi connectivity index (χ1n) is 13.3. The molecule has 2 amide bonds. The molecular weight excluding hydrogens is 536 g/mol. The monoisotopic (exact) mass is 572 g/mol. The number of carbonyl (C=O) groups is 3. The largest absolute Gasteiger partial charge is 0.467 e. The van der Waals surface area contributed by atoms with Crippen LogP contribution < -0.4 is 15.8 Å². The van der Waals surface area contributed by atoms with E-state index in [1.54, 1.807) is 23.1 Å². The number of nitrogens with zero attached hydrogens (tertiary/aromatic N) is 2. The van der Waals surface area contributed by atoms with Crippen LogP contribution in [0.15, 0.2) is 47.4 Å². The molecule has 2 aromatic carbocycles. The van der Waals surface area contributed by atoms with Crippen molar-refractivity contribution in [2.45, 2.75) is 49.1 Å². The van der Waals surface area contributed by atoms with Crippen molar-refractivity contribution < 1.29 is 27.5 Å². The molecule has 2 aromatic rings. The number of hydrogen-bond donors (Lipinski definition) is 4. The number of likely N-dealkylation sites (tertiary alicyclic amines) is 2. The van der Waals surface area contributed by atoms with E-state index in [9.17, 15) is 22.8 Å². The fourth-order valence-electron chi connectivity index (χ4n) is 5.33. The zero-order chi connectivity index (χ0) is 28.9. The van der Waals surface area contributed by atoms with Crippen molar-refractivity contribution in [3.05, 3.63) is 42.5 Å². The maximum absolute atomic E-state index is 13.4. The van der Waals surface area contributed by atoms with Gasteiger partial charge >= 0.3 is 5.97 Å². The third-order valence-corrected chi connectivity index (χ3v) is 8.96. The Kier molecular flexibility index (Phi) is 9.25. The van der Waals surface area contributed by atoms with Gasteiger partial charge in [0, 0.05) is 26.2 Å². The van der Waals surface area contributed by atoms with E-state index in [2.05, 4.69) is 10.0 Å². The van der Waals surface area contributed by atoms with E-state index in [4.69, 9.17) is 15.9 Å². The summed E-state index contributed by atoms with van der Waals surface area (Å²) in [4.78, 5) is 41.9. The lowest BCUT2D eigenvalue weighted by molar-refractivity contribution is -0.151. The van der Waals surface area contributed by atoms with Gasteiger partial charge in [-0.15, -0.1) is 0 Å².